The number of hydrogen-bond acceptors (Lipinski definition) is 1. The minimum absolute atomic E-state index is 0.113. The molecule has 1 unspecified atom stereocenters. The molecule has 0 aromatic heterocycles. The predicted molar refractivity (Wildman–Crippen MR) is 95.9 cm³/mol. The Hall–Kier alpha value is 0.744. The van der Waals surface area contributed by atoms with E-state index in [1.54, 1.807) is 0 Å². The molecule has 0 aliphatic heterocycles. The zero-order chi connectivity index (χ0) is 15.9. The Labute approximate surface area is 127 Å². The maximum atomic E-state index is 6.86. The normalized spacial score (nSPS) is 19.2. The van der Waals surface area contributed by atoms with Crippen LogP contribution in [0.15, 0.2) is 0 Å². The summed E-state index contributed by atoms with van der Waals surface area (Å²) in [6.07, 6.45) is 4.60. The molecule has 3 radical (unpaired) electrons. The van der Waals surface area contributed by atoms with Crippen molar-refractivity contribution in [2.75, 3.05) is 12.5 Å². The lowest BCUT2D eigenvalue weighted by Crippen LogP contribution is -2.53. The van der Waals surface area contributed by atoms with Crippen LogP contribution in [-0.4, -0.2) is 35.2 Å². The third kappa shape index (κ3) is 5.56. The van der Waals surface area contributed by atoms with Gasteiger partial charge in [0.05, 0.1) is 14.3 Å². The summed E-state index contributed by atoms with van der Waals surface area (Å²) in [5.41, 5.74) is 0.454. The smallest absolute Gasteiger partial charge is 0.189 e. The fourth-order valence-corrected chi connectivity index (χ4v) is 11.2. The molecular weight excluding hydrogens is 284 g/mol. The molecule has 1 atom stereocenters. The van der Waals surface area contributed by atoms with Crippen LogP contribution in [0.2, 0.25) is 19.1 Å². The van der Waals surface area contributed by atoms with Gasteiger partial charge in [0.1, 0.15) is 0 Å². The quantitative estimate of drug-likeness (QED) is 0.650. The third-order valence-corrected chi connectivity index (χ3v) is 10.6. The van der Waals surface area contributed by atoms with E-state index in [-0.39, 0.29) is 10.3 Å². The molecule has 0 fully saturated rings. The molecule has 4 heteroatoms. The van der Waals surface area contributed by atoms with Crippen LogP contribution >= 0.6 is 9.48 Å². The molecule has 0 aromatic carbocycles. The fourth-order valence-electron chi connectivity index (χ4n) is 2.86. The van der Waals surface area contributed by atoms with Crippen LogP contribution in [0.4, 0.5) is 0 Å². The van der Waals surface area contributed by atoms with Crippen molar-refractivity contribution >= 4 is 27.2 Å². The maximum absolute atomic E-state index is 6.86. The minimum Gasteiger partial charge on any atom is -0.405 e. The van der Waals surface area contributed by atoms with Gasteiger partial charge in [-0.05, 0) is 49.4 Å². The van der Waals surface area contributed by atoms with Gasteiger partial charge in [-0.25, -0.2) is 9.48 Å². The topological polar surface area (TPSA) is 9.23 Å². The first-order valence-corrected chi connectivity index (χ1v) is 13.9. The molecule has 0 saturated carbocycles. The van der Waals surface area contributed by atoms with Gasteiger partial charge in [0.25, 0.3) is 0 Å². The van der Waals surface area contributed by atoms with Gasteiger partial charge in [0.15, 0.2) is 8.32 Å². The van der Waals surface area contributed by atoms with Crippen molar-refractivity contribution in [1.82, 2.24) is 0 Å². The SMILES string of the molecule is CC(C)(C)C[Si](C)(C)OC(C)(C(C)(C)C)S(C)(C)[Si]. The number of rotatable bonds is 4. The molecule has 0 rings (SSSR count). The zero-order valence-electron chi connectivity index (χ0n) is 15.0. The van der Waals surface area contributed by atoms with Crippen molar-refractivity contribution in [3.63, 3.8) is 0 Å². The van der Waals surface area contributed by atoms with Crippen LogP contribution in [0.3, 0.4) is 0 Å². The van der Waals surface area contributed by atoms with Crippen LogP contribution in [0.5, 0.6) is 0 Å². The predicted octanol–water partition coefficient (Wildman–Crippen LogP) is 5.16. The molecule has 0 bridgehead atoms. The molecule has 0 heterocycles. The Morgan fingerprint density at radius 3 is 1.53 bits per heavy atom. The summed E-state index contributed by atoms with van der Waals surface area (Å²) in [7, 11) is 1.31. The first-order valence-electron chi connectivity index (χ1n) is 7.09. The van der Waals surface area contributed by atoms with Crippen molar-refractivity contribution in [2.45, 2.75) is 72.5 Å². The molecule has 115 valence electrons. The first-order chi connectivity index (χ1) is 7.91. The largest absolute Gasteiger partial charge is 0.405 e. The maximum Gasteiger partial charge on any atom is 0.189 e. The Morgan fingerprint density at radius 1 is 0.947 bits per heavy atom. The molecular formula is C15H35OSSi2. The van der Waals surface area contributed by atoms with E-state index in [4.69, 9.17) is 4.43 Å². The highest BCUT2D eigenvalue weighted by atomic mass is 32.4. The van der Waals surface area contributed by atoms with Gasteiger partial charge >= 0.3 is 0 Å². The summed E-state index contributed by atoms with van der Waals surface area (Å²) in [4.78, 5) is -0.113. The van der Waals surface area contributed by atoms with E-state index in [1.165, 1.54) is 6.04 Å². The van der Waals surface area contributed by atoms with Gasteiger partial charge in [-0.15, -0.1) is 0 Å². The summed E-state index contributed by atoms with van der Waals surface area (Å²) in [5, 5.41) is 0. The van der Waals surface area contributed by atoms with E-state index < -0.39 is 17.8 Å². The summed E-state index contributed by atoms with van der Waals surface area (Å²) >= 11 is 0. The van der Waals surface area contributed by atoms with Crippen molar-refractivity contribution in [1.29, 1.82) is 0 Å². The van der Waals surface area contributed by atoms with Gasteiger partial charge in [-0.3, -0.25) is 0 Å². The highest BCUT2D eigenvalue weighted by molar-refractivity contribution is 8.49. The summed E-state index contributed by atoms with van der Waals surface area (Å²) < 4.78 is 6.86. The van der Waals surface area contributed by atoms with Crippen molar-refractivity contribution < 1.29 is 4.43 Å². The summed E-state index contributed by atoms with van der Waals surface area (Å²) in [6, 6.07) is 1.19. The molecule has 19 heavy (non-hydrogen) atoms. The second-order valence-corrected chi connectivity index (χ2v) is 19.7. The average molecular weight is 320 g/mol. The molecule has 0 N–H and O–H groups in total. The highest BCUT2D eigenvalue weighted by Gasteiger charge is 2.49. The van der Waals surface area contributed by atoms with Crippen LogP contribution in [0, 0.1) is 10.8 Å². The van der Waals surface area contributed by atoms with E-state index in [1.807, 2.05) is 0 Å². The van der Waals surface area contributed by atoms with Gasteiger partial charge in [-0.2, -0.15) is 0 Å². The first kappa shape index (κ1) is 19.7. The van der Waals surface area contributed by atoms with E-state index in [0.29, 0.717) is 5.41 Å². The van der Waals surface area contributed by atoms with Crippen LogP contribution < -0.4 is 0 Å². The Bertz CT molecular complexity index is 292. The Morgan fingerprint density at radius 2 is 1.32 bits per heavy atom. The Balaban J connectivity index is 5.38. The van der Waals surface area contributed by atoms with E-state index in [0.717, 1.165) is 0 Å². The third-order valence-electron chi connectivity index (χ3n) is 3.76. The van der Waals surface area contributed by atoms with Crippen molar-refractivity contribution in [2.24, 2.45) is 10.8 Å². The van der Waals surface area contributed by atoms with Crippen molar-refractivity contribution in [3.8, 4) is 0 Å². The molecule has 0 amide bonds. The summed E-state index contributed by atoms with van der Waals surface area (Å²) in [5.74, 6) is 0. The average Bonchev–Trinajstić information content (AvgIpc) is 1.92. The van der Waals surface area contributed by atoms with Gasteiger partial charge in [-0.1, -0.05) is 41.5 Å². The van der Waals surface area contributed by atoms with Crippen molar-refractivity contribution in [3.05, 3.63) is 0 Å². The monoisotopic (exact) mass is 319 g/mol. The molecule has 0 spiro atoms. The number of hydrogen-bond donors (Lipinski definition) is 0. The lowest BCUT2D eigenvalue weighted by molar-refractivity contribution is 0.0564. The molecule has 1 nitrogen and oxygen atoms in total. The summed E-state index contributed by atoms with van der Waals surface area (Å²) in [6.45, 7) is 20.8. The zero-order valence-corrected chi connectivity index (χ0v) is 17.8. The van der Waals surface area contributed by atoms with Crippen LogP contribution in [0.25, 0.3) is 0 Å². The molecule has 0 saturated heterocycles. The molecule has 0 aliphatic carbocycles. The minimum atomic E-state index is -1.70. The molecule has 0 aliphatic rings. The van der Waals surface area contributed by atoms with E-state index in [9.17, 15) is 0 Å². The second kappa shape index (κ2) is 5.50. The van der Waals surface area contributed by atoms with Crippen LogP contribution in [0.1, 0.15) is 48.5 Å². The lowest BCUT2D eigenvalue weighted by atomic mass is 9.90. The van der Waals surface area contributed by atoms with E-state index >= 15 is 0 Å². The lowest BCUT2D eigenvalue weighted by Gasteiger charge is -2.57. The fraction of sp³-hybridized carbons (Fsp3) is 1.00. The highest BCUT2D eigenvalue weighted by Crippen LogP contribution is 2.59. The van der Waals surface area contributed by atoms with Crippen LogP contribution in [-0.2, 0) is 4.43 Å². The standard InChI is InChI=1S/C15H35OSSi2/c1-13(2,3)12-19(10,11)16-15(7,14(4,5)6)17(8,9)18/h12H2,1-11H3. The molecule has 0 aromatic rings. The van der Waals surface area contributed by atoms with Gasteiger partial charge < -0.3 is 4.43 Å². The van der Waals surface area contributed by atoms with E-state index in [2.05, 4.69) is 83.5 Å². The van der Waals surface area contributed by atoms with Gasteiger partial charge in [0, 0.05) is 0 Å². The van der Waals surface area contributed by atoms with Gasteiger partial charge in [0.2, 0.25) is 0 Å². The Kier molecular flexibility index (Phi) is 5.72. The second-order valence-electron chi connectivity index (χ2n) is 9.12.